The minimum atomic E-state index is -0.195. The molecule has 0 saturated carbocycles. The number of para-hydroxylation sites is 1. The molecular weight excluding hydrogens is 457 g/mol. The average Bonchev–Trinajstić information content (AvgIpc) is 2.70. The van der Waals surface area contributed by atoms with Gasteiger partial charge in [-0.1, -0.05) is 30.9 Å². The molecule has 2 N–H and O–H groups in total. The molecule has 0 atom stereocenters. The minimum Gasteiger partial charge on any atom is -0.489 e. The van der Waals surface area contributed by atoms with Gasteiger partial charge < -0.3 is 24.8 Å². The van der Waals surface area contributed by atoms with Crippen molar-refractivity contribution in [3.8, 4) is 5.75 Å². The third-order valence-electron chi connectivity index (χ3n) is 4.50. The first-order valence-corrected chi connectivity index (χ1v) is 9.19. The molecule has 0 spiro atoms. The van der Waals surface area contributed by atoms with E-state index in [0.29, 0.717) is 19.7 Å². The van der Waals surface area contributed by atoms with Gasteiger partial charge >= 0.3 is 0 Å². The number of nitrogens with one attached hydrogen (secondary N) is 2. The number of methoxy groups -OCH3 is 1. The molecule has 152 valence electrons. The molecule has 1 aromatic carbocycles. The first-order valence-electron chi connectivity index (χ1n) is 9.19. The number of rotatable bonds is 9. The zero-order chi connectivity index (χ0) is 18.7. The van der Waals surface area contributed by atoms with Crippen molar-refractivity contribution >= 4 is 29.9 Å². The maximum Gasteiger partial charge on any atom is 0.191 e. The van der Waals surface area contributed by atoms with Crippen LogP contribution < -0.4 is 15.4 Å². The molecule has 6 nitrogen and oxygen atoms in total. The van der Waals surface area contributed by atoms with E-state index >= 15 is 0 Å². The molecule has 7 heteroatoms. The van der Waals surface area contributed by atoms with Crippen LogP contribution in [0, 0.1) is 0 Å². The molecule has 1 heterocycles. The number of hydrogen-bond donors (Lipinski definition) is 2. The summed E-state index contributed by atoms with van der Waals surface area (Å²) in [7, 11) is 1.77. The van der Waals surface area contributed by atoms with Crippen molar-refractivity contribution < 1.29 is 14.2 Å². The zero-order valence-corrected chi connectivity index (χ0v) is 18.7. The van der Waals surface area contributed by atoms with Gasteiger partial charge in [-0.2, -0.15) is 0 Å². The van der Waals surface area contributed by atoms with E-state index in [1.165, 1.54) is 0 Å². The Hall–Kier alpha value is -1.32. The molecule has 0 aromatic heterocycles. The summed E-state index contributed by atoms with van der Waals surface area (Å²) in [6, 6.07) is 7.94. The summed E-state index contributed by atoms with van der Waals surface area (Å²) in [4.78, 5) is 4.70. The number of benzene rings is 1. The van der Waals surface area contributed by atoms with Crippen LogP contribution in [-0.2, 0) is 16.0 Å². The molecule has 1 fully saturated rings. The van der Waals surface area contributed by atoms with Crippen LogP contribution in [0.15, 0.2) is 41.9 Å². The Morgan fingerprint density at radius 1 is 1.30 bits per heavy atom. The second-order valence-electron chi connectivity index (χ2n) is 6.26. The SMILES string of the molecule is C=CCOc1ccccc1CN=C(NCC)NCC1(OC)CCOCC1.I. The zero-order valence-electron chi connectivity index (χ0n) is 16.3. The quantitative estimate of drug-likeness (QED) is 0.242. The minimum absolute atomic E-state index is 0. The molecular formula is C20H32IN3O3. The van der Waals surface area contributed by atoms with Crippen molar-refractivity contribution in [2.45, 2.75) is 31.9 Å². The van der Waals surface area contributed by atoms with Crippen molar-refractivity contribution in [3.05, 3.63) is 42.5 Å². The standard InChI is InChI=1S/C20H31N3O3.HI/c1-4-12-26-18-9-7-6-8-17(18)15-22-19(21-5-2)23-16-20(24-3)10-13-25-14-11-20;/h4,6-9H,1,5,10-16H2,2-3H3,(H2,21,22,23);1H. The fraction of sp³-hybridized carbons (Fsp3) is 0.550. The smallest absolute Gasteiger partial charge is 0.191 e. The van der Waals surface area contributed by atoms with Crippen LogP contribution in [0.1, 0.15) is 25.3 Å². The lowest BCUT2D eigenvalue weighted by Gasteiger charge is -2.36. The maximum atomic E-state index is 5.78. The Balaban J connectivity index is 0.00000364. The van der Waals surface area contributed by atoms with Crippen LogP contribution in [-0.4, -0.2) is 51.6 Å². The van der Waals surface area contributed by atoms with Crippen LogP contribution in [0.25, 0.3) is 0 Å². The first kappa shape index (κ1) is 23.7. The highest BCUT2D eigenvalue weighted by atomic mass is 127. The van der Waals surface area contributed by atoms with E-state index in [4.69, 9.17) is 19.2 Å². The van der Waals surface area contributed by atoms with Crippen molar-refractivity contribution in [2.24, 2.45) is 4.99 Å². The van der Waals surface area contributed by atoms with Gasteiger partial charge in [0.05, 0.1) is 12.1 Å². The summed E-state index contributed by atoms with van der Waals surface area (Å²) in [5, 5.41) is 6.71. The summed E-state index contributed by atoms with van der Waals surface area (Å²) in [5.41, 5.74) is 0.846. The largest absolute Gasteiger partial charge is 0.489 e. The van der Waals surface area contributed by atoms with Crippen LogP contribution in [0.2, 0.25) is 0 Å². The molecule has 0 unspecified atom stereocenters. The van der Waals surface area contributed by atoms with Crippen LogP contribution in [0.5, 0.6) is 5.75 Å². The molecule has 27 heavy (non-hydrogen) atoms. The summed E-state index contributed by atoms with van der Waals surface area (Å²) in [5.74, 6) is 1.61. The molecule has 0 radical (unpaired) electrons. The predicted molar refractivity (Wildman–Crippen MR) is 120 cm³/mol. The Labute approximate surface area is 179 Å². The first-order chi connectivity index (χ1) is 12.7. The van der Waals surface area contributed by atoms with Crippen LogP contribution in [0.4, 0.5) is 0 Å². The third kappa shape index (κ3) is 7.67. The van der Waals surface area contributed by atoms with Gasteiger partial charge in [0.1, 0.15) is 12.4 Å². The molecule has 0 amide bonds. The van der Waals surface area contributed by atoms with Gasteiger partial charge in [-0.05, 0) is 13.0 Å². The number of ether oxygens (including phenoxy) is 3. The topological polar surface area (TPSA) is 64.1 Å². The highest BCUT2D eigenvalue weighted by Gasteiger charge is 2.32. The monoisotopic (exact) mass is 489 g/mol. The van der Waals surface area contributed by atoms with Crippen LogP contribution >= 0.6 is 24.0 Å². The Kier molecular flexibility index (Phi) is 11.4. The van der Waals surface area contributed by atoms with E-state index < -0.39 is 0 Å². The van der Waals surface area contributed by atoms with E-state index in [9.17, 15) is 0 Å². The van der Waals surface area contributed by atoms with Gasteiger partial charge in [-0.3, -0.25) is 0 Å². The lowest BCUT2D eigenvalue weighted by molar-refractivity contribution is -0.0855. The molecule has 0 bridgehead atoms. The van der Waals surface area contributed by atoms with Crippen molar-refractivity contribution in [3.63, 3.8) is 0 Å². The van der Waals surface area contributed by atoms with Gasteiger partial charge in [0.25, 0.3) is 0 Å². The van der Waals surface area contributed by atoms with Gasteiger partial charge in [-0.15, -0.1) is 24.0 Å². The summed E-state index contributed by atoms with van der Waals surface area (Å²) < 4.78 is 16.9. The third-order valence-corrected chi connectivity index (χ3v) is 4.50. The molecule has 1 aliphatic rings. The van der Waals surface area contributed by atoms with Crippen molar-refractivity contribution in [2.75, 3.05) is 40.0 Å². The van der Waals surface area contributed by atoms with E-state index in [1.807, 2.05) is 24.3 Å². The highest BCUT2D eigenvalue weighted by Crippen LogP contribution is 2.23. The number of halogens is 1. The van der Waals surface area contributed by atoms with Crippen molar-refractivity contribution in [1.29, 1.82) is 0 Å². The van der Waals surface area contributed by atoms with E-state index in [2.05, 4.69) is 24.1 Å². The summed E-state index contributed by atoms with van der Waals surface area (Å²) in [6.45, 7) is 9.73. The van der Waals surface area contributed by atoms with Gasteiger partial charge in [-0.25, -0.2) is 4.99 Å². The number of aliphatic imine (C=N–C) groups is 1. The summed E-state index contributed by atoms with van der Waals surface area (Å²) >= 11 is 0. The predicted octanol–water partition coefficient (Wildman–Crippen LogP) is 3.12. The number of guanidine groups is 1. The van der Waals surface area contributed by atoms with Gasteiger partial charge in [0.15, 0.2) is 5.96 Å². The number of hydrogen-bond acceptors (Lipinski definition) is 4. The Bertz CT molecular complexity index is 590. The lowest BCUT2D eigenvalue weighted by Crippen LogP contribution is -2.50. The normalized spacial score (nSPS) is 16.1. The fourth-order valence-electron chi connectivity index (χ4n) is 2.87. The Morgan fingerprint density at radius 2 is 2.04 bits per heavy atom. The molecule has 0 aliphatic carbocycles. The second-order valence-corrected chi connectivity index (χ2v) is 6.26. The van der Waals surface area contributed by atoms with Crippen molar-refractivity contribution in [1.82, 2.24) is 10.6 Å². The molecule has 1 aliphatic heterocycles. The molecule has 1 saturated heterocycles. The molecule has 2 rings (SSSR count). The van der Waals surface area contributed by atoms with E-state index in [-0.39, 0.29) is 29.6 Å². The highest BCUT2D eigenvalue weighted by molar-refractivity contribution is 14.0. The van der Waals surface area contributed by atoms with E-state index in [0.717, 1.165) is 49.9 Å². The average molecular weight is 489 g/mol. The maximum absolute atomic E-state index is 5.78. The molecule has 1 aromatic rings. The van der Waals surface area contributed by atoms with Gasteiger partial charge in [0, 0.05) is 51.8 Å². The van der Waals surface area contributed by atoms with E-state index in [1.54, 1.807) is 13.2 Å². The van der Waals surface area contributed by atoms with Gasteiger partial charge in [0.2, 0.25) is 0 Å². The Morgan fingerprint density at radius 3 is 2.70 bits per heavy atom. The van der Waals surface area contributed by atoms with Crippen LogP contribution in [0.3, 0.4) is 0 Å². The summed E-state index contributed by atoms with van der Waals surface area (Å²) in [6.07, 6.45) is 3.51. The fourth-order valence-corrected chi connectivity index (χ4v) is 2.87. The lowest BCUT2D eigenvalue weighted by atomic mass is 9.94. The number of nitrogens with zero attached hydrogens (tertiary/aromatic N) is 1. The second kappa shape index (κ2) is 13.0.